The number of allylic oxidation sites excluding steroid dienone is 1. The summed E-state index contributed by atoms with van der Waals surface area (Å²) in [6, 6.07) is 10.1. The molecule has 100 valence electrons. The van der Waals surface area contributed by atoms with Crippen LogP contribution in [0.2, 0.25) is 0 Å². The molecule has 0 aromatic heterocycles. The second kappa shape index (κ2) is 6.54. The molecular formula is C14H16N2O2S. The van der Waals surface area contributed by atoms with Gasteiger partial charge in [0.2, 0.25) is 0 Å². The maximum atomic E-state index is 11.9. The highest BCUT2D eigenvalue weighted by atomic mass is 32.2. The zero-order chi connectivity index (χ0) is 13.7. The maximum Gasteiger partial charge on any atom is 0.293 e. The van der Waals surface area contributed by atoms with E-state index in [0.717, 1.165) is 24.6 Å². The third kappa shape index (κ3) is 3.45. The van der Waals surface area contributed by atoms with Crippen LogP contribution >= 0.6 is 11.8 Å². The lowest BCUT2D eigenvalue weighted by atomic mass is 10.1. The molecule has 4 nitrogen and oxygen atoms in total. The predicted octanol–water partition coefficient (Wildman–Crippen LogP) is 2.16. The van der Waals surface area contributed by atoms with Crippen LogP contribution in [0.5, 0.6) is 0 Å². The number of nitrogens with two attached hydrogens (primary N) is 1. The lowest BCUT2D eigenvalue weighted by molar-refractivity contribution is -0.122. The molecular weight excluding hydrogens is 260 g/mol. The summed E-state index contributed by atoms with van der Waals surface area (Å²) in [6.45, 7) is 0.593. The van der Waals surface area contributed by atoms with Gasteiger partial charge in [-0.15, -0.1) is 0 Å². The minimum absolute atomic E-state index is 0.214. The van der Waals surface area contributed by atoms with Crippen molar-refractivity contribution >= 4 is 22.9 Å². The summed E-state index contributed by atoms with van der Waals surface area (Å²) in [6.07, 6.45) is 3.46. The van der Waals surface area contributed by atoms with Gasteiger partial charge in [-0.1, -0.05) is 36.4 Å². The van der Waals surface area contributed by atoms with E-state index >= 15 is 0 Å². The zero-order valence-corrected chi connectivity index (χ0v) is 11.4. The number of benzene rings is 1. The predicted molar refractivity (Wildman–Crippen MR) is 76.6 cm³/mol. The van der Waals surface area contributed by atoms with Gasteiger partial charge >= 0.3 is 0 Å². The van der Waals surface area contributed by atoms with Gasteiger partial charge in [-0.2, -0.15) is 0 Å². The summed E-state index contributed by atoms with van der Waals surface area (Å²) in [5, 5.41) is -0.221. The molecule has 0 spiro atoms. The Hall–Kier alpha value is -1.59. The Morgan fingerprint density at radius 1 is 1.21 bits per heavy atom. The Balaban J connectivity index is 1.94. The van der Waals surface area contributed by atoms with Crippen LogP contribution < -0.4 is 5.73 Å². The monoisotopic (exact) mass is 276 g/mol. The molecule has 5 heteroatoms. The van der Waals surface area contributed by atoms with Crippen molar-refractivity contribution in [3.63, 3.8) is 0 Å². The number of rotatable bonds is 5. The van der Waals surface area contributed by atoms with E-state index in [2.05, 4.69) is 0 Å². The van der Waals surface area contributed by atoms with Gasteiger partial charge in [-0.05, 0) is 30.2 Å². The normalized spacial score (nSPS) is 17.5. The number of carbonyl (C=O) groups excluding carboxylic acids is 2. The molecule has 2 rings (SSSR count). The molecule has 19 heavy (non-hydrogen) atoms. The van der Waals surface area contributed by atoms with Crippen molar-refractivity contribution in [2.45, 2.75) is 12.8 Å². The fraction of sp³-hybridized carbons (Fsp3) is 0.286. The molecule has 2 amide bonds. The first-order valence-corrected chi connectivity index (χ1v) is 7.02. The fourth-order valence-corrected chi connectivity index (χ4v) is 2.75. The van der Waals surface area contributed by atoms with Crippen molar-refractivity contribution in [3.05, 3.63) is 46.9 Å². The molecule has 2 N–H and O–H groups in total. The summed E-state index contributed by atoms with van der Waals surface area (Å²) in [5.74, 6) is -0.214. The van der Waals surface area contributed by atoms with E-state index in [1.165, 1.54) is 10.5 Å². The topological polar surface area (TPSA) is 63.4 Å². The molecule has 0 bridgehead atoms. The minimum Gasteiger partial charge on any atom is -0.329 e. The Kier molecular flexibility index (Phi) is 4.76. The van der Waals surface area contributed by atoms with Crippen LogP contribution in [-0.4, -0.2) is 29.1 Å². The van der Waals surface area contributed by atoms with Crippen LogP contribution in [0.25, 0.3) is 0 Å². The third-order valence-corrected chi connectivity index (χ3v) is 3.79. The summed E-state index contributed by atoms with van der Waals surface area (Å²) in [4.78, 5) is 25.2. The summed E-state index contributed by atoms with van der Waals surface area (Å²) >= 11 is 1.000. The van der Waals surface area contributed by atoms with Gasteiger partial charge in [-0.3, -0.25) is 14.5 Å². The lowest BCUT2D eigenvalue weighted by Crippen LogP contribution is -2.33. The lowest BCUT2D eigenvalue weighted by Gasteiger charge is -2.09. The number of hydrogen-bond donors (Lipinski definition) is 1. The molecule has 0 unspecified atom stereocenters. The fourth-order valence-electron chi connectivity index (χ4n) is 1.87. The quantitative estimate of drug-likeness (QED) is 0.837. The number of amides is 2. The number of hydrogen-bond acceptors (Lipinski definition) is 4. The number of aryl methyl sites for hydroxylation is 1. The molecule has 1 fully saturated rings. The van der Waals surface area contributed by atoms with Crippen LogP contribution in [0, 0.1) is 0 Å². The van der Waals surface area contributed by atoms with Crippen molar-refractivity contribution in [1.29, 1.82) is 0 Å². The maximum absolute atomic E-state index is 11.9. The second-order valence-corrected chi connectivity index (χ2v) is 5.20. The van der Waals surface area contributed by atoms with Crippen molar-refractivity contribution in [2.24, 2.45) is 5.73 Å². The van der Waals surface area contributed by atoms with Crippen molar-refractivity contribution in [1.82, 2.24) is 4.90 Å². The number of imide groups is 1. The van der Waals surface area contributed by atoms with Gasteiger partial charge in [0.05, 0.1) is 4.91 Å². The van der Waals surface area contributed by atoms with Crippen molar-refractivity contribution < 1.29 is 9.59 Å². The molecule has 1 aromatic rings. The van der Waals surface area contributed by atoms with Crippen LogP contribution in [-0.2, 0) is 11.2 Å². The van der Waals surface area contributed by atoms with E-state index < -0.39 is 0 Å². The first-order valence-electron chi connectivity index (χ1n) is 6.20. The van der Waals surface area contributed by atoms with E-state index in [1.54, 1.807) is 0 Å². The highest BCUT2D eigenvalue weighted by Crippen LogP contribution is 2.30. The number of carbonyl (C=O) groups is 2. The van der Waals surface area contributed by atoms with Gasteiger partial charge in [0.15, 0.2) is 0 Å². The van der Waals surface area contributed by atoms with Crippen LogP contribution in [0.15, 0.2) is 41.3 Å². The van der Waals surface area contributed by atoms with E-state index in [4.69, 9.17) is 5.73 Å². The van der Waals surface area contributed by atoms with Crippen LogP contribution in [0.3, 0.4) is 0 Å². The summed E-state index contributed by atoms with van der Waals surface area (Å²) in [5.41, 5.74) is 6.60. The second-order valence-electron chi connectivity index (χ2n) is 4.21. The van der Waals surface area contributed by atoms with Gasteiger partial charge in [0.1, 0.15) is 0 Å². The standard InChI is InChI=1S/C14H16N2O2S/c15-9-10-16-13(17)12(19-14(16)18)8-4-7-11-5-2-1-3-6-11/h1-3,5-6,8H,4,7,9-10,15H2/b12-8+. The molecule has 0 saturated carbocycles. The van der Waals surface area contributed by atoms with Crippen molar-refractivity contribution in [2.75, 3.05) is 13.1 Å². The first kappa shape index (κ1) is 13.8. The van der Waals surface area contributed by atoms with Crippen molar-refractivity contribution in [3.8, 4) is 0 Å². The smallest absolute Gasteiger partial charge is 0.293 e. The third-order valence-electron chi connectivity index (χ3n) is 2.83. The molecule has 1 aromatic carbocycles. The minimum atomic E-state index is -0.221. The molecule has 0 radical (unpaired) electrons. The Morgan fingerprint density at radius 2 is 1.95 bits per heavy atom. The highest BCUT2D eigenvalue weighted by Gasteiger charge is 2.33. The number of thioether (sulfide) groups is 1. The molecule has 0 atom stereocenters. The Bertz CT molecular complexity index is 499. The van der Waals surface area contributed by atoms with Crippen LogP contribution in [0.1, 0.15) is 12.0 Å². The molecule has 1 aliphatic heterocycles. The average Bonchev–Trinajstić information content (AvgIpc) is 2.68. The number of nitrogens with zero attached hydrogens (tertiary/aromatic N) is 1. The molecule has 1 saturated heterocycles. The summed E-state index contributed by atoms with van der Waals surface area (Å²) < 4.78 is 0. The van der Waals surface area contributed by atoms with E-state index in [1.807, 2.05) is 36.4 Å². The Labute approximate surface area is 116 Å². The van der Waals surface area contributed by atoms with E-state index in [0.29, 0.717) is 18.0 Å². The van der Waals surface area contributed by atoms with E-state index in [9.17, 15) is 9.59 Å². The largest absolute Gasteiger partial charge is 0.329 e. The zero-order valence-electron chi connectivity index (χ0n) is 10.5. The molecule has 1 aliphatic rings. The van der Waals surface area contributed by atoms with Gasteiger partial charge in [-0.25, -0.2) is 0 Å². The van der Waals surface area contributed by atoms with Gasteiger partial charge < -0.3 is 5.73 Å². The van der Waals surface area contributed by atoms with Gasteiger partial charge in [0.25, 0.3) is 11.1 Å². The van der Waals surface area contributed by atoms with Crippen LogP contribution in [0.4, 0.5) is 4.79 Å². The SMILES string of the molecule is NCCN1C(=O)S/C(=C/CCc2ccccc2)C1=O. The van der Waals surface area contributed by atoms with E-state index in [-0.39, 0.29) is 11.1 Å². The molecule has 0 aliphatic carbocycles. The average molecular weight is 276 g/mol. The first-order chi connectivity index (χ1) is 9.22. The molecule has 1 heterocycles. The summed E-state index contributed by atoms with van der Waals surface area (Å²) in [7, 11) is 0. The highest BCUT2D eigenvalue weighted by molar-refractivity contribution is 8.18. The van der Waals surface area contributed by atoms with Gasteiger partial charge in [0, 0.05) is 13.1 Å². The Morgan fingerprint density at radius 3 is 2.63 bits per heavy atom.